The molecule has 5 nitrogen and oxygen atoms in total. The van der Waals surface area contributed by atoms with Crippen molar-refractivity contribution in [1.29, 1.82) is 0 Å². The van der Waals surface area contributed by atoms with E-state index in [2.05, 4.69) is 22.5 Å². The van der Waals surface area contributed by atoms with Gasteiger partial charge in [-0.1, -0.05) is 0 Å². The maximum atomic E-state index is 11.5. The number of carbonyl (C=O) groups excluding carboxylic acids is 1. The van der Waals surface area contributed by atoms with Crippen molar-refractivity contribution in [1.82, 2.24) is 20.2 Å². The van der Waals surface area contributed by atoms with E-state index in [-0.39, 0.29) is 11.9 Å². The maximum absolute atomic E-state index is 11.5. The van der Waals surface area contributed by atoms with Crippen LogP contribution in [0.1, 0.15) is 38.1 Å². The maximum Gasteiger partial charge on any atom is 0.221 e. The number of imidazole rings is 1. The first kappa shape index (κ1) is 12.1. The van der Waals surface area contributed by atoms with Crippen LogP contribution in [0.4, 0.5) is 0 Å². The largest absolute Gasteiger partial charge is 0.353 e. The van der Waals surface area contributed by atoms with Crippen LogP contribution in [0, 0.1) is 0 Å². The molecule has 1 heterocycles. The van der Waals surface area contributed by atoms with Crippen molar-refractivity contribution in [2.24, 2.45) is 7.05 Å². The highest BCUT2D eigenvalue weighted by Gasteiger charge is 2.22. The molecule has 1 saturated carbocycles. The third kappa shape index (κ3) is 3.56. The second-order valence-electron chi connectivity index (χ2n) is 4.66. The van der Waals surface area contributed by atoms with Gasteiger partial charge < -0.3 is 15.2 Å². The first-order chi connectivity index (χ1) is 8.16. The van der Waals surface area contributed by atoms with Crippen molar-refractivity contribution in [3.05, 3.63) is 18.2 Å². The number of nitrogens with one attached hydrogen (secondary N) is 2. The summed E-state index contributed by atoms with van der Waals surface area (Å²) in [6.45, 7) is 2.74. The smallest absolute Gasteiger partial charge is 0.221 e. The molecule has 0 aromatic carbocycles. The molecule has 1 unspecified atom stereocenters. The monoisotopic (exact) mass is 236 g/mol. The predicted octanol–water partition coefficient (Wildman–Crippen LogP) is 0.739. The molecule has 1 fully saturated rings. The zero-order valence-electron chi connectivity index (χ0n) is 10.4. The molecule has 1 aromatic rings. The van der Waals surface area contributed by atoms with Gasteiger partial charge in [0.2, 0.25) is 5.91 Å². The van der Waals surface area contributed by atoms with Crippen LogP contribution in [0.3, 0.4) is 0 Å². The minimum Gasteiger partial charge on any atom is -0.353 e. The average Bonchev–Trinajstić information content (AvgIpc) is 2.98. The summed E-state index contributed by atoms with van der Waals surface area (Å²) < 4.78 is 1.99. The van der Waals surface area contributed by atoms with E-state index in [0.29, 0.717) is 19.0 Å². The number of carbonyl (C=O) groups is 1. The molecule has 94 valence electrons. The number of aryl methyl sites for hydroxylation is 1. The van der Waals surface area contributed by atoms with Gasteiger partial charge in [0.25, 0.3) is 0 Å². The Labute approximate surface area is 102 Å². The molecule has 1 aliphatic rings. The fraction of sp³-hybridized carbons (Fsp3) is 0.667. The Morgan fingerprint density at radius 2 is 2.41 bits per heavy atom. The summed E-state index contributed by atoms with van der Waals surface area (Å²) in [6, 6.07) is 0.623. The van der Waals surface area contributed by atoms with E-state index in [1.165, 1.54) is 0 Å². The Balaban J connectivity index is 1.67. The van der Waals surface area contributed by atoms with E-state index in [9.17, 15) is 4.79 Å². The van der Waals surface area contributed by atoms with Gasteiger partial charge in [-0.3, -0.25) is 4.79 Å². The Hall–Kier alpha value is -1.36. The molecule has 0 saturated heterocycles. The molecule has 1 amide bonds. The number of nitrogens with zero attached hydrogens (tertiary/aromatic N) is 2. The lowest BCUT2D eigenvalue weighted by Crippen LogP contribution is -2.30. The van der Waals surface area contributed by atoms with Crippen LogP contribution in [0.25, 0.3) is 0 Å². The molecule has 1 aliphatic carbocycles. The number of amides is 1. The molecule has 0 radical (unpaired) electrons. The van der Waals surface area contributed by atoms with E-state index in [1.54, 1.807) is 6.20 Å². The lowest BCUT2D eigenvalue weighted by Gasteiger charge is -2.13. The van der Waals surface area contributed by atoms with Gasteiger partial charge in [0.1, 0.15) is 5.82 Å². The van der Waals surface area contributed by atoms with E-state index in [0.717, 1.165) is 18.7 Å². The first-order valence-electron chi connectivity index (χ1n) is 6.17. The first-order valence-corrected chi connectivity index (χ1v) is 6.17. The molecule has 17 heavy (non-hydrogen) atoms. The molecule has 1 aromatic heterocycles. The molecule has 2 rings (SSSR count). The van der Waals surface area contributed by atoms with E-state index < -0.39 is 0 Å². The number of rotatable bonds is 6. The van der Waals surface area contributed by atoms with E-state index >= 15 is 0 Å². The minimum atomic E-state index is 0.145. The van der Waals surface area contributed by atoms with E-state index in [4.69, 9.17) is 0 Å². The van der Waals surface area contributed by atoms with Crippen LogP contribution in [-0.2, 0) is 11.8 Å². The van der Waals surface area contributed by atoms with Gasteiger partial charge in [0.05, 0.1) is 6.04 Å². The van der Waals surface area contributed by atoms with Crippen LogP contribution in [0.2, 0.25) is 0 Å². The molecular formula is C12H20N4O. The van der Waals surface area contributed by atoms with Crippen molar-refractivity contribution in [3.63, 3.8) is 0 Å². The van der Waals surface area contributed by atoms with Gasteiger partial charge in [0.15, 0.2) is 0 Å². The molecular weight excluding hydrogens is 216 g/mol. The molecule has 0 spiro atoms. The van der Waals surface area contributed by atoms with Crippen LogP contribution >= 0.6 is 0 Å². The van der Waals surface area contributed by atoms with Crippen molar-refractivity contribution in [2.75, 3.05) is 6.54 Å². The summed E-state index contributed by atoms with van der Waals surface area (Å²) in [5.74, 6) is 1.14. The SMILES string of the molecule is CC(NCCC(=O)NC1CC1)c1nccn1C. The van der Waals surface area contributed by atoms with Crippen LogP contribution in [-0.4, -0.2) is 28.0 Å². The predicted molar refractivity (Wildman–Crippen MR) is 65.4 cm³/mol. The summed E-state index contributed by atoms with van der Waals surface area (Å²) in [6.07, 6.45) is 6.53. The summed E-state index contributed by atoms with van der Waals surface area (Å²) in [4.78, 5) is 15.7. The quantitative estimate of drug-likeness (QED) is 0.766. The molecule has 1 atom stereocenters. The summed E-state index contributed by atoms with van der Waals surface area (Å²) >= 11 is 0. The number of hydrogen-bond donors (Lipinski definition) is 2. The standard InChI is InChI=1S/C12H20N4O/c1-9(12-14-7-8-16(12)2)13-6-5-11(17)15-10-3-4-10/h7-10,13H,3-6H2,1-2H3,(H,15,17). The molecule has 2 N–H and O–H groups in total. The van der Waals surface area contributed by atoms with Gasteiger partial charge >= 0.3 is 0 Å². The third-order valence-electron chi connectivity index (χ3n) is 2.99. The highest BCUT2D eigenvalue weighted by atomic mass is 16.1. The highest BCUT2D eigenvalue weighted by molar-refractivity contribution is 5.76. The highest BCUT2D eigenvalue weighted by Crippen LogP contribution is 2.18. The van der Waals surface area contributed by atoms with Gasteiger partial charge in [0, 0.05) is 38.4 Å². The zero-order valence-corrected chi connectivity index (χ0v) is 10.4. The lowest BCUT2D eigenvalue weighted by molar-refractivity contribution is -0.121. The second kappa shape index (κ2) is 5.31. The fourth-order valence-corrected chi connectivity index (χ4v) is 1.82. The van der Waals surface area contributed by atoms with Gasteiger partial charge in [-0.2, -0.15) is 0 Å². The Kier molecular flexibility index (Phi) is 3.78. The minimum absolute atomic E-state index is 0.145. The Morgan fingerprint density at radius 1 is 1.65 bits per heavy atom. The zero-order chi connectivity index (χ0) is 12.3. The van der Waals surface area contributed by atoms with Crippen molar-refractivity contribution in [2.45, 2.75) is 38.3 Å². The van der Waals surface area contributed by atoms with E-state index in [1.807, 2.05) is 17.8 Å². The summed E-state index contributed by atoms with van der Waals surface area (Å²) in [5.41, 5.74) is 0. The fourth-order valence-electron chi connectivity index (χ4n) is 1.82. The van der Waals surface area contributed by atoms with Crippen LogP contribution in [0.5, 0.6) is 0 Å². The third-order valence-corrected chi connectivity index (χ3v) is 2.99. The van der Waals surface area contributed by atoms with Gasteiger partial charge in [-0.25, -0.2) is 4.98 Å². The van der Waals surface area contributed by atoms with Crippen molar-refractivity contribution < 1.29 is 4.79 Å². The Bertz CT molecular complexity index is 384. The summed E-state index contributed by atoms with van der Waals surface area (Å²) in [7, 11) is 1.97. The van der Waals surface area contributed by atoms with Gasteiger partial charge in [-0.05, 0) is 19.8 Å². The number of hydrogen-bond acceptors (Lipinski definition) is 3. The molecule has 0 bridgehead atoms. The lowest BCUT2D eigenvalue weighted by atomic mass is 10.3. The number of aromatic nitrogens is 2. The second-order valence-corrected chi connectivity index (χ2v) is 4.66. The normalized spacial score (nSPS) is 16.8. The summed E-state index contributed by atoms with van der Waals surface area (Å²) in [5, 5.41) is 6.28. The van der Waals surface area contributed by atoms with Crippen LogP contribution < -0.4 is 10.6 Å². The van der Waals surface area contributed by atoms with Crippen LogP contribution in [0.15, 0.2) is 12.4 Å². The van der Waals surface area contributed by atoms with Crippen molar-refractivity contribution in [3.8, 4) is 0 Å². The average molecular weight is 236 g/mol. The van der Waals surface area contributed by atoms with Crippen molar-refractivity contribution >= 4 is 5.91 Å². The molecule has 5 heteroatoms. The molecule has 0 aliphatic heterocycles. The van der Waals surface area contributed by atoms with Gasteiger partial charge in [-0.15, -0.1) is 0 Å². The Morgan fingerprint density at radius 3 is 3.00 bits per heavy atom. The topological polar surface area (TPSA) is 59.0 Å².